The molecule has 0 atom stereocenters. The van der Waals surface area contributed by atoms with Crippen LogP contribution in [0.4, 0.5) is 5.69 Å². The van der Waals surface area contributed by atoms with Crippen LogP contribution in [-0.4, -0.2) is 12.2 Å². The number of nitrogens with two attached hydrogens (primary N) is 1. The normalized spacial score (nSPS) is 10.5. The van der Waals surface area contributed by atoms with Gasteiger partial charge in [0, 0.05) is 5.39 Å². The van der Waals surface area contributed by atoms with Crippen LogP contribution in [0.25, 0.3) is 10.1 Å². The number of anilines is 1. The molecule has 0 spiro atoms. The van der Waals surface area contributed by atoms with Crippen molar-refractivity contribution in [1.82, 2.24) is 0 Å². The van der Waals surface area contributed by atoms with E-state index in [1.807, 2.05) is 17.5 Å². The predicted molar refractivity (Wildman–Crippen MR) is 54.5 cm³/mol. The van der Waals surface area contributed by atoms with Gasteiger partial charge in [0.2, 0.25) is 0 Å². The zero-order chi connectivity index (χ0) is 9.42. The van der Waals surface area contributed by atoms with Crippen molar-refractivity contribution in [2.24, 2.45) is 0 Å². The van der Waals surface area contributed by atoms with E-state index in [0.717, 1.165) is 10.1 Å². The summed E-state index contributed by atoms with van der Waals surface area (Å²) >= 11 is 1.46. The first-order valence-electron chi connectivity index (χ1n) is 3.76. The van der Waals surface area contributed by atoms with Crippen molar-refractivity contribution in [2.45, 2.75) is 0 Å². The average Bonchev–Trinajstić information content (AvgIpc) is 2.59. The van der Waals surface area contributed by atoms with Gasteiger partial charge in [-0.15, -0.1) is 11.3 Å². The van der Waals surface area contributed by atoms with E-state index < -0.39 is 0 Å². The van der Waals surface area contributed by atoms with Gasteiger partial charge in [0.15, 0.2) is 5.75 Å². The molecule has 3 nitrogen and oxygen atoms in total. The van der Waals surface area contributed by atoms with Gasteiger partial charge in [0.1, 0.15) is 11.4 Å². The largest absolute Gasteiger partial charge is 0.504 e. The van der Waals surface area contributed by atoms with E-state index in [1.54, 1.807) is 0 Å². The number of phenolic OH excluding ortho intramolecular Hbond substituents is 1. The fraction of sp³-hybridized carbons (Fsp3) is 0.111. The van der Waals surface area contributed by atoms with E-state index in [9.17, 15) is 5.11 Å². The molecule has 0 aliphatic carbocycles. The maximum atomic E-state index is 9.66. The van der Waals surface area contributed by atoms with Crippen LogP contribution in [0.3, 0.4) is 0 Å². The molecule has 1 heterocycles. The lowest BCUT2D eigenvalue weighted by Crippen LogP contribution is -1.92. The number of ether oxygens (including phenoxy) is 1. The van der Waals surface area contributed by atoms with E-state index >= 15 is 0 Å². The van der Waals surface area contributed by atoms with Gasteiger partial charge in [0.25, 0.3) is 0 Å². The molecule has 13 heavy (non-hydrogen) atoms. The number of rotatable bonds is 1. The van der Waals surface area contributed by atoms with Gasteiger partial charge < -0.3 is 15.6 Å². The molecule has 0 radical (unpaired) electrons. The maximum Gasteiger partial charge on any atom is 0.160 e. The topological polar surface area (TPSA) is 55.5 Å². The van der Waals surface area contributed by atoms with Gasteiger partial charge in [-0.3, -0.25) is 0 Å². The number of nitrogen functional groups attached to an aromatic ring is 1. The molecule has 0 saturated heterocycles. The number of phenols is 1. The summed E-state index contributed by atoms with van der Waals surface area (Å²) in [6, 6.07) is 3.74. The molecule has 2 aromatic rings. The minimum Gasteiger partial charge on any atom is -0.504 e. The standard InChI is InChI=1S/C9H9NO2S/c1-12-6-4-5-2-3-13-9(5)8(11)7(6)10/h2-4,11H,10H2,1H3. The molecule has 0 aliphatic rings. The minimum absolute atomic E-state index is 0.115. The first-order chi connectivity index (χ1) is 6.24. The van der Waals surface area contributed by atoms with Gasteiger partial charge in [0.05, 0.1) is 11.8 Å². The summed E-state index contributed by atoms with van der Waals surface area (Å²) in [5.41, 5.74) is 5.95. The molecule has 68 valence electrons. The minimum atomic E-state index is 0.115. The summed E-state index contributed by atoms with van der Waals surface area (Å²) in [6.07, 6.45) is 0. The van der Waals surface area contributed by atoms with Crippen LogP contribution < -0.4 is 10.5 Å². The van der Waals surface area contributed by atoms with E-state index in [2.05, 4.69) is 0 Å². The molecular weight excluding hydrogens is 186 g/mol. The number of aromatic hydroxyl groups is 1. The highest BCUT2D eigenvalue weighted by atomic mass is 32.1. The number of methoxy groups -OCH3 is 1. The van der Waals surface area contributed by atoms with Crippen LogP contribution in [0.15, 0.2) is 17.5 Å². The molecule has 0 amide bonds. The molecule has 0 unspecified atom stereocenters. The Kier molecular flexibility index (Phi) is 1.77. The van der Waals surface area contributed by atoms with E-state index in [0.29, 0.717) is 11.4 Å². The quantitative estimate of drug-likeness (QED) is 0.541. The van der Waals surface area contributed by atoms with Gasteiger partial charge in [-0.1, -0.05) is 0 Å². The Balaban J connectivity index is 2.83. The Morgan fingerprint density at radius 2 is 2.31 bits per heavy atom. The second-order valence-corrected chi connectivity index (χ2v) is 3.60. The highest BCUT2D eigenvalue weighted by Crippen LogP contribution is 2.40. The fourth-order valence-electron chi connectivity index (χ4n) is 1.25. The third-order valence-electron chi connectivity index (χ3n) is 1.94. The monoisotopic (exact) mass is 195 g/mol. The molecule has 1 aromatic heterocycles. The van der Waals surface area contributed by atoms with Crippen LogP contribution in [0.5, 0.6) is 11.5 Å². The molecule has 2 rings (SSSR count). The van der Waals surface area contributed by atoms with E-state index in [1.165, 1.54) is 18.4 Å². The fourth-order valence-corrected chi connectivity index (χ4v) is 2.09. The zero-order valence-corrected chi connectivity index (χ0v) is 7.89. The Labute approximate surface area is 79.4 Å². The van der Waals surface area contributed by atoms with E-state index in [4.69, 9.17) is 10.5 Å². The van der Waals surface area contributed by atoms with Crippen LogP contribution >= 0.6 is 11.3 Å². The van der Waals surface area contributed by atoms with Crippen LogP contribution in [0.2, 0.25) is 0 Å². The van der Waals surface area contributed by atoms with E-state index in [-0.39, 0.29) is 5.75 Å². The first-order valence-corrected chi connectivity index (χ1v) is 4.64. The molecule has 0 saturated carbocycles. The summed E-state index contributed by atoms with van der Waals surface area (Å²) in [5, 5.41) is 12.5. The highest BCUT2D eigenvalue weighted by Gasteiger charge is 2.10. The lowest BCUT2D eigenvalue weighted by atomic mass is 10.2. The molecule has 0 aliphatic heterocycles. The Morgan fingerprint density at radius 3 is 3.00 bits per heavy atom. The Morgan fingerprint density at radius 1 is 1.54 bits per heavy atom. The molecule has 0 bridgehead atoms. The Hall–Kier alpha value is -1.42. The van der Waals surface area contributed by atoms with Crippen molar-refractivity contribution in [2.75, 3.05) is 12.8 Å². The lowest BCUT2D eigenvalue weighted by Gasteiger charge is -2.06. The average molecular weight is 195 g/mol. The van der Waals surface area contributed by atoms with Gasteiger partial charge >= 0.3 is 0 Å². The molecule has 3 N–H and O–H groups in total. The summed E-state index contributed by atoms with van der Waals surface area (Å²) < 4.78 is 5.83. The number of benzene rings is 1. The van der Waals surface area contributed by atoms with Crippen LogP contribution in [-0.2, 0) is 0 Å². The van der Waals surface area contributed by atoms with Crippen molar-refractivity contribution in [3.05, 3.63) is 17.5 Å². The predicted octanol–water partition coefficient (Wildman–Crippen LogP) is 2.20. The second kappa shape index (κ2) is 2.81. The van der Waals surface area contributed by atoms with Gasteiger partial charge in [-0.25, -0.2) is 0 Å². The lowest BCUT2D eigenvalue weighted by molar-refractivity contribution is 0.412. The Bertz CT molecular complexity index is 450. The van der Waals surface area contributed by atoms with Gasteiger partial charge in [-0.05, 0) is 17.5 Å². The van der Waals surface area contributed by atoms with Crippen molar-refractivity contribution in [1.29, 1.82) is 0 Å². The SMILES string of the molecule is COc1cc2ccsc2c(O)c1N. The van der Waals surface area contributed by atoms with Gasteiger partial charge in [-0.2, -0.15) is 0 Å². The third kappa shape index (κ3) is 1.10. The van der Waals surface area contributed by atoms with Crippen LogP contribution in [0, 0.1) is 0 Å². The van der Waals surface area contributed by atoms with Crippen molar-refractivity contribution in [3.63, 3.8) is 0 Å². The summed E-state index contributed by atoms with van der Waals surface area (Å²) in [5.74, 6) is 0.632. The second-order valence-electron chi connectivity index (χ2n) is 2.68. The molecule has 0 fully saturated rings. The zero-order valence-electron chi connectivity index (χ0n) is 7.07. The van der Waals surface area contributed by atoms with Crippen molar-refractivity contribution in [3.8, 4) is 11.5 Å². The number of fused-ring (bicyclic) bond motifs is 1. The smallest absolute Gasteiger partial charge is 0.160 e. The third-order valence-corrected chi connectivity index (χ3v) is 2.87. The number of hydrogen-bond acceptors (Lipinski definition) is 4. The molecule has 1 aromatic carbocycles. The number of thiophene rings is 1. The van der Waals surface area contributed by atoms with Crippen LogP contribution in [0.1, 0.15) is 0 Å². The number of hydrogen-bond donors (Lipinski definition) is 2. The first kappa shape index (κ1) is 8.19. The summed E-state index contributed by atoms with van der Waals surface area (Å²) in [7, 11) is 1.53. The maximum absolute atomic E-state index is 9.66. The summed E-state index contributed by atoms with van der Waals surface area (Å²) in [4.78, 5) is 0. The summed E-state index contributed by atoms with van der Waals surface area (Å²) in [6.45, 7) is 0. The molecule has 4 heteroatoms. The molecular formula is C9H9NO2S. The van der Waals surface area contributed by atoms with Crippen molar-refractivity contribution < 1.29 is 9.84 Å². The van der Waals surface area contributed by atoms with Crippen molar-refractivity contribution >= 4 is 27.1 Å². The highest BCUT2D eigenvalue weighted by molar-refractivity contribution is 7.17.